The molecule has 5 aromatic rings. The van der Waals surface area contributed by atoms with Crippen molar-refractivity contribution in [3.05, 3.63) is 97.2 Å². The molecule has 196 valence electrons. The van der Waals surface area contributed by atoms with Crippen LogP contribution < -0.4 is 29.6 Å². The van der Waals surface area contributed by atoms with Crippen molar-refractivity contribution >= 4 is 28.3 Å². The van der Waals surface area contributed by atoms with Gasteiger partial charge < -0.3 is 29.6 Å². The van der Waals surface area contributed by atoms with E-state index < -0.39 is 0 Å². The van der Waals surface area contributed by atoms with Crippen molar-refractivity contribution in [2.24, 2.45) is 0 Å². The van der Waals surface area contributed by atoms with E-state index in [2.05, 4.69) is 15.6 Å². The van der Waals surface area contributed by atoms with Crippen molar-refractivity contribution < 1.29 is 23.7 Å². The highest BCUT2D eigenvalue weighted by Crippen LogP contribution is 2.37. The van der Waals surface area contributed by atoms with Gasteiger partial charge in [0.2, 0.25) is 0 Å². The number of carbonyl (C=O) groups excluding carboxylic acids is 1. The Morgan fingerprint density at radius 2 is 1.33 bits per heavy atom. The minimum Gasteiger partial charge on any atom is -0.496 e. The highest BCUT2D eigenvalue weighted by molar-refractivity contribution is 6.00. The summed E-state index contributed by atoms with van der Waals surface area (Å²) in [4.78, 5) is 17.0. The van der Waals surface area contributed by atoms with Crippen molar-refractivity contribution in [1.29, 1.82) is 0 Å². The van der Waals surface area contributed by atoms with Gasteiger partial charge >= 0.3 is 6.03 Å². The van der Waals surface area contributed by atoms with Crippen molar-refractivity contribution in [3.63, 3.8) is 0 Å². The third-order valence-corrected chi connectivity index (χ3v) is 6.09. The lowest BCUT2D eigenvalue weighted by atomic mass is 10.0. The van der Waals surface area contributed by atoms with Crippen LogP contribution in [-0.4, -0.2) is 32.3 Å². The largest absolute Gasteiger partial charge is 0.496 e. The fourth-order valence-corrected chi connectivity index (χ4v) is 4.19. The van der Waals surface area contributed by atoms with Gasteiger partial charge in [-0.3, -0.25) is 4.98 Å². The van der Waals surface area contributed by atoms with Crippen LogP contribution in [0.1, 0.15) is 0 Å². The molecule has 0 aliphatic rings. The Labute approximate surface area is 226 Å². The van der Waals surface area contributed by atoms with Crippen LogP contribution >= 0.6 is 0 Å². The van der Waals surface area contributed by atoms with Crippen LogP contribution in [0.5, 0.6) is 28.7 Å². The number of benzene rings is 4. The van der Waals surface area contributed by atoms with E-state index in [1.165, 1.54) is 0 Å². The summed E-state index contributed by atoms with van der Waals surface area (Å²) in [6.45, 7) is 0. The Balaban J connectivity index is 1.26. The molecular formula is C31H27N3O5. The van der Waals surface area contributed by atoms with Crippen molar-refractivity contribution in [3.8, 4) is 39.9 Å². The van der Waals surface area contributed by atoms with Gasteiger partial charge in [-0.2, -0.15) is 0 Å². The molecule has 4 aromatic carbocycles. The summed E-state index contributed by atoms with van der Waals surface area (Å²) in [6.07, 6.45) is 1.67. The number of hydrogen-bond donors (Lipinski definition) is 2. The number of nitrogens with one attached hydrogen (secondary N) is 2. The van der Waals surface area contributed by atoms with Crippen LogP contribution in [-0.2, 0) is 0 Å². The molecule has 5 rings (SSSR count). The molecule has 0 bridgehead atoms. The number of aromatic nitrogens is 1. The number of nitrogens with zero attached hydrogens (tertiary/aromatic N) is 1. The van der Waals surface area contributed by atoms with E-state index in [1.54, 1.807) is 70.0 Å². The molecule has 0 saturated heterocycles. The molecule has 1 heterocycles. The van der Waals surface area contributed by atoms with Gasteiger partial charge in [-0.05, 0) is 54.1 Å². The highest BCUT2D eigenvalue weighted by atomic mass is 16.5. The third kappa shape index (κ3) is 5.70. The molecule has 2 N–H and O–H groups in total. The summed E-state index contributed by atoms with van der Waals surface area (Å²) in [6, 6.07) is 27.6. The second-order valence-corrected chi connectivity index (χ2v) is 8.52. The minimum absolute atomic E-state index is 0.376. The molecule has 2 amide bonds. The molecule has 0 aliphatic carbocycles. The van der Waals surface area contributed by atoms with Gasteiger partial charge in [0.15, 0.2) is 11.5 Å². The lowest BCUT2D eigenvalue weighted by molar-refractivity contribution is 0.262. The second-order valence-electron chi connectivity index (χ2n) is 8.52. The number of urea groups is 1. The fraction of sp³-hybridized carbons (Fsp3) is 0.0968. The Morgan fingerprint density at radius 3 is 2.05 bits per heavy atom. The quantitative estimate of drug-likeness (QED) is 0.222. The Morgan fingerprint density at radius 1 is 0.667 bits per heavy atom. The van der Waals surface area contributed by atoms with Crippen LogP contribution in [0.4, 0.5) is 16.2 Å². The van der Waals surface area contributed by atoms with Gasteiger partial charge in [-0.15, -0.1) is 0 Å². The number of pyridine rings is 1. The number of hydrogen-bond acceptors (Lipinski definition) is 6. The zero-order chi connectivity index (χ0) is 27.2. The fourth-order valence-electron chi connectivity index (χ4n) is 4.19. The standard InChI is InChI=1S/C31H27N3O5/c1-36-28-17-22(11-14-24(28)20-7-5-4-6-8-20)34-31(35)33-21-9-12-23(13-10-21)39-27-15-16-32-26-19-30(38-3)29(37-2)18-25(26)27/h4-19H,1-3H3,(H2,33,34,35). The van der Waals surface area contributed by atoms with Gasteiger partial charge in [-0.25, -0.2) is 4.79 Å². The molecule has 1 aromatic heterocycles. The molecule has 0 fully saturated rings. The van der Waals surface area contributed by atoms with Gasteiger partial charge in [0.05, 0.1) is 26.8 Å². The van der Waals surface area contributed by atoms with Crippen molar-refractivity contribution in [2.75, 3.05) is 32.0 Å². The number of amides is 2. The molecule has 8 heteroatoms. The van der Waals surface area contributed by atoms with E-state index in [0.717, 1.165) is 16.5 Å². The molecule has 39 heavy (non-hydrogen) atoms. The first-order chi connectivity index (χ1) is 19.1. The Kier molecular flexibility index (Phi) is 7.45. The zero-order valence-electron chi connectivity index (χ0n) is 21.7. The van der Waals surface area contributed by atoms with E-state index >= 15 is 0 Å². The number of anilines is 2. The van der Waals surface area contributed by atoms with Crippen LogP contribution in [0.25, 0.3) is 22.0 Å². The maximum absolute atomic E-state index is 12.6. The SMILES string of the molecule is COc1cc2nccc(Oc3ccc(NC(=O)Nc4ccc(-c5ccccc5)c(OC)c4)cc3)c2cc1OC. The summed E-state index contributed by atoms with van der Waals surface area (Å²) < 4.78 is 22.5. The maximum atomic E-state index is 12.6. The predicted molar refractivity (Wildman–Crippen MR) is 152 cm³/mol. The molecule has 0 saturated carbocycles. The zero-order valence-corrected chi connectivity index (χ0v) is 21.7. The molecule has 0 aliphatic heterocycles. The van der Waals surface area contributed by atoms with E-state index in [9.17, 15) is 4.79 Å². The van der Waals surface area contributed by atoms with Crippen LogP contribution in [0.2, 0.25) is 0 Å². The topological polar surface area (TPSA) is 90.9 Å². The third-order valence-electron chi connectivity index (χ3n) is 6.09. The van der Waals surface area contributed by atoms with E-state index in [4.69, 9.17) is 18.9 Å². The molecule has 0 spiro atoms. The maximum Gasteiger partial charge on any atom is 0.323 e. The molecular weight excluding hydrogens is 494 g/mol. The van der Waals surface area contributed by atoms with Gasteiger partial charge in [0.25, 0.3) is 0 Å². The number of carbonyl (C=O) groups is 1. The summed E-state index contributed by atoms with van der Waals surface area (Å²) in [7, 11) is 4.77. The number of fused-ring (bicyclic) bond motifs is 1. The lowest BCUT2D eigenvalue weighted by Gasteiger charge is -2.13. The normalized spacial score (nSPS) is 10.5. The number of methoxy groups -OCH3 is 3. The number of rotatable bonds is 8. The first kappa shape index (κ1) is 25.4. The van der Waals surface area contributed by atoms with Crippen LogP contribution in [0, 0.1) is 0 Å². The van der Waals surface area contributed by atoms with Crippen LogP contribution in [0.15, 0.2) is 97.2 Å². The summed E-state index contributed by atoms with van der Waals surface area (Å²) >= 11 is 0. The van der Waals surface area contributed by atoms with Gasteiger partial charge in [0.1, 0.15) is 17.2 Å². The van der Waals surface area contributed by atoms with Crippen molar-refractivity contribution in [1.82, 2.24) is 4.98 Å². The van der Waals surface area contributed by atoms with Gasteiger partial charge in [-0.1, -0.05) is 30.3 Å². The first-order valence-corrected chi connectivity index (χ1v) is 12.2. The van der Waals surface area contributed by atoms with Crippen molar-refractivity contribution in [2.45, 2.75) is 0 Å². The minimum atomic E-state index is -0.376. The Bertz CT molecular complexity index is 1610. The molecule has 8 nitrogen and oxygen atoms in total. The lowest BCUT2D eigenvalue weighted by Crippen LogP contribution is -2.19. The molecule has 0 radical (unpaired) electrons. The smallest absolute Gasteiger partial charge is 0.323 e. The van der Waals surface area contributed by atoms with E-state index in [1.807, 2.05) is 48.5 Å². The average molecular weight is 522 g/mol. The second kappa shape index (κ2) is 11.4. The monoisotopic (exact) mass is 521 g/mol. The predicted octanol–water partition coefficient (Wildman–Crippen LogP) is 7.36. The van der Waals surface area contributed by atoms with Crippen LogP contribution in [0.3, 0.4) is 0 Å². The summed E-state index contributed by atoms with van der Waals surface area (Å²) in [5.41, 5.74) is 3.92. The molecule has 0 atom stereocenters. The first-order valence-electron chi connectivity index (χ1n) is 12.2. The summed E-state index contributed by atoms with van der Waals surface area (Å²) in [5, 5.41) is 6.47. The summed E-state index contributed by atoms with van der Waals surface area (Å²) in [5.74, 6) is 3.06. The number of ether oxygens (including phenoxy) is 4. The van der Waals surface area contributed by atoms with E-state index in [-0.39, 0.29) is 6.03 Å². The Hall–Kier alpha value is -5.24. The highest BCUT2D eigenvalue weighted by Gasteiger charge is 2.12. The van der Waals surface area contributed by atoms with E-state index in [0.29, 0.717) is 45.6 Å². The van der Waals surface area contributed by atoms with Gasteiger partial charge in [0, 0.05) is 40.7 Å². The average Bonchev–Trinajstić information content (AvgIpc) is 2.98. The molecule has 0 unspecified atom stereocenters.